The Kier molecular flexibility index (Phi) is 3.30. The van der Waals surface area contributed by atoms with Gasteiger partial charge in [0.05, 0.1) is 5.57 Å². The zero-order valence-corrected chi connectivity index (χ0v) is 10.6. The molecule has 1 aliphatic heterocycles. The first-order valence-corrected chi connectivity index (χ1v) is 5.95. The van der Waals surface area contributed by atoms with Crippen molar-refractivity contribution >= 4 is 12.0 Å². The Labute approximate surface area is 109 Å². The lowest BCUT2D eigenvalue weighted by atomic mass is 9.95. The van der Waals surface area contributed by atoms with Crippen LogP contribution in [0, 0.1) is 6.92 Å². The molecule has 0 radical (unpaired) electrons. The lowest BCUT2D eigenvalue weighted by Crippen LogP contribution is -2.42. The van der Waals surface area contributed by atoms with Crippen molar-refractivity contribution in [2.24, 2.45) is 0 Å². The minimum Gasteiger partial charge on any atom is -0.478 e. The summed E-state index contributed by atoms with van der Waals surface area (Å²) in [4.78, 5) is 11.1. The summed E-state index contributed by atoms with van der Waals surface area (Å²) in [6, 6.07) is 5.02. The Morgan fingerprint density at radius 3 is 2.74 bits per heavy atom. The quantitative estimate of drug-likeness (QED) is 0.915. The molecule has 1 atom stereocenters. The van der Waals surface area contributed by atoms with E-state index in [9.17, 15) is 13.6 Å². The zero-order chi connectivity index (χ0) is 14.2. The molecule has 0 spiro atoms. The number of halogens is 2. The predicted molar refractivity (Wildman–Crippen MR) is 66.4 cm³/mol. The van der Waals surface area contributed by atoms with Gasteiger partial charge in [-0.3, -0.25) is 0 Å². The molecular weight excluding hydrogens is 254 g/mol. The first kappa shape index (κ1) is 13.5. The van der Waals surface area contributed by atoms with E-state index in [2.05, 4.69) is 0 Å². The molecule has 1 N–H and O–H groups in total. The number of aliphatic carboxylic acids is 1. The van der Waals surface area contributed by atoms with Crippen molar-refractivity contribution < 1.29 is 23.4 Å². The topological polar surface area (TPSA) is 46.5 Å². The van der Waals surface area contributed by atoms with Crippen LogP contribution < -0.4 is 4.74 Å². The number of hydrogen-bond acceptors (Lipinski definition) is 2. The predicted octanol–water partition coefficient (Wildman–Crippen LogP) is 3.27. The van der Waals surface area contributed by atoms with E-state index in [0.717, 1.165) is 5.56 Å². The van der Waals surface area contributed by atoms with Gasteiger partial charge in [0.15, 0.2) is 6.10 Å². The number of carboxylic acids is 1. The molecule has 2 rings (SSSR count). The summed E-state index contributed by atoms with van der Waals surface area (Å²) in [7, 11) is 0. The Bertz CT molecular complexity index is 550. The third kappa shape index (κ3) is 2.45. The Balaban J connectivity index is 2.52. The fourth-order valence-corrected chi connectivity index (χ4v) is 1.99. The molecule has 1 unspecified atom stereocenters. The molecule has 1 aliphatic rings. The van der Waals surface area contributed by atoms with Gasteiger partial charge in [0.1, 0.15) is 5.75 Å². The van der Waals surface area contributed by atoms with Crippen molar-refractivity contribution in [3.05, 3.63) is 34.9 Å². The van der Waals surface area contributed by atoms with Crippen LogP contribution in [0.1, 0.15) is 24.5 Å². The van der Waals surface area contributed by atoms with E-state index >= 15 is 0 Å². The van der Waals surface area contributed by atoms with Gasteiger partial charge in [0, 0.05) is 12.0 Å². The summed E-state index contributed by atoms with van der Waals surface area (Å²) in [5, 5.41) is 9.08. The van der Waals surface area contributed by atoms with Crippen LogP contribution >= 0.6 is 0 Å². The molecule has 102 valence electrons. The molecule has 0 amide bonds. The van der Waals surface area contributed by atoms with E-state index in [1.165, 1.54) is 13.0 Å². The maximum Gasteiger partial charge on any atom is 0.335 e. The van der Waals surface area contributed by atoms with Crippen LogP contribution in [0.3, 0.4) is 0 Å². The highest BCUT2D eigenvalue weighted by Gasteiger charge is 2.46. The first-order valence-electron chi connectivity index (χ1n) is 5.95. The molecule has 1 heterocycles. The Morgan fingerprint density at radius 1 is 1.47 bits per heavy atom. The zero-order valence-electron chi connectivity index (χ0n) is 10.6. The molecular formula is C14H14F2O3. The standard InChI is InChI=1S/C14H14F2O3/c1-3-14(15,16)12-10(13(17)18)7-9-6-8(2)4-5-11(9)19-12/h4-7,12H,3H2,1-2H3,(H,17,18). The average Bonchev–Trinajstić information content (AvgIpc) is 2.36. The molecule has 0 saturated heterocycles. The van der Waals surface area contributed by atoms with E-state index in [0.29, 0.717) is 5.56 Å². The number of benzene rings is 1. The maximum atomic E-state index is 13.8. The van der Waals surface area contributed by atoms with Gasteiger partial charge in [-0.2, -0.15) is 0 Å². The van der Waals surface area contributed by atoms with Crippen LogP contribution in [0.2, 0.25) is 0 Å². The minimum atomic E-state index is -3.22. The fraction of sp³-hybridized carbons (Fsp3) is 0.357. The summed E-state index contributed by atoms with van der Waals surface area (Å²) < 4.78 is 32.8. The van der Waals surface area contributed by atoms with Gasteiger partial charge in [-0.15, -0.1) is 0 Å². The third-order valence-corrected chi connectivity index (χ3v) is 3.11. The molecule has 0 aromatic heterocycles. The molecule has 0 bridgehead atoms. The van der Waals surface area contributed by atoms with Crippen molar-refractivity contribution in [2.75, 3.05) is 0 Å². The fourth-order valence-electron chi connectivity index (χ4n) is 1.99. The lowest BCUT2D eigenvalue weighted by Gasteiger charge is -2.31. The van der Waals surface area contributed by atoms with Crippen molar-refractivity contribution in [1.29, 1.82) is 0 Å². The number of rotatable bonds is 3. The van der Waals surface area contributed by atoms with Gasteiger partial charge < -0.3 is 9.84 Å². The number of alkyl halides is 2. The second-order valence-corrected chi connectivity index (χ2v) is 4.56. The van der Waals surface area contributed by atoms with E-state index < -0.39 is 30.0 Å². The van der Waals surface area contributed by atoms with Crippen LogP contribution in [0.4, 0.5) is 8.78 Å². The molecule has 0 saturated carbocycles. The smallest absolute Gasteiger partial charge is 0.335 e. The van der Waals surface area contributed by atoms with Gasteiger partial charge in [0.2, 0.25) is 0 Å². The number of carbonyl (C=O) groups is 1. The first-order chi connectivity index (χ1) is 8.85. The highest BCUT2D eigenvalue weighted by atomic mass is 19.3. The highest BCUT2D eigenvalue weighted by molar-refractivity contribution is 5.95. The molecule has 0 fully saturated rings. The van der Waals surface area contributed by atoms with Crippen LogP contribution in [-0.2, 0) is 4.79 Å². The van der Waals surface area contributed by atoms with Crippen molar-refractivity contribution in [3.8, 4) is 5.75 Å². The van der Waals surface area contributed by atoms with Gasteiger partial charge in [-0.05, 0) is 25.1 Å². The molecule has 0 aliphatic carbocycles. The van der Waals surface area contributed by atoms with Gasteiger partial charge in [0.25, 0.3) is 5.92 Å². The van der Waals surface area contributed by atoms with Gasteiger partial charge in [-0.1, -0.05) is 18.6 Å². The molecule has 1 aromatic carbocycles. The molecule has 1 aromatic rings. The SMILES string of the molecule is CCC(F)(F)C1Oc2ccc(C)cc2C=C1C(=O)O. The third-order valence-electron chi connectivity index (χ3n) is 3.11. The Morgan fingerprint density at radius 2 is 2.16 bits per heavy atom. The second-order valence-electron chi connectivity index (χ2n) is 4.56. The molecule has 19 heavy (non-hydrogen) atoms. The Hall–Kier alpha value is -1.91. The molecule has 5 heteroatoms. The van der Waals surface area contributed by atoms with Crippen molar-refractivity contribution in [1.82, 2.24) is 0 Å². The van der Waals surface area contributed by atoms with E-state index in [1.54, 1.807) is 18.2 Å². The summed E-state index contributed by atoms with van der Waals surface area (Å²) in [6.07, 6.45) is -0.962. The summed E-state index contributed by atoms with van der Waals surface area (Å²) in [5.74, 6) is -4.31. The summed E-state index contributed by atoms with van der Waals surface area (Å²) in [6.45, 7) is 3.13. The molecule has 3 nitrogen and oxygen atoms in total. The van der Waals surface area contributed by atoms with E-state index in [1.807, 2.05) is 6.92 Å². The minimum absolute atomic E-state index is 0.286. The summed E-state index contributed by atoms with van der Waals surface area (Å²) >= 11 is 0. The monoisotopic (exact) mass is 268 g/mol. The van der Waals surface area contributed by atoms with E-state index in [4.69, 9.17) is 9.84 Å². The number of aryl methyl sites for hydroxylation is 1. The summed E-state index contributed by atoms with van der Waals surface area (Å²) in [5.41, 5.74) is 1.01. The second kappa shape index (κ2) is 4.64. The van der Waals surface area contributed by atoms with Crippen LogP contribution in [0.25, 0.3) is 6.08 Å². The lowest BCUT2D eigenvalue weighted by molar-refractivity contribution is -0.138. The number of carboxylic acid groups (broad SMARTS) is 1. The van der Waals surface area contributed by atoms with Crippen LogP contribution in [0.15, 0.2) is 23.8 Å². The number of hydrogen-bond donors (Lipinski definition) is 1. The van der Waals surface area contributed by atoms with Crippen LogP contribution in [0.5, 0.6) is 5.75 Å². The average molecular weight is 268 g/mol. The maximum absolute atomic E-state index is 13.8. The number of fused-ring (bicyclic) bond motifs is 1. The largest absolute Gasteiger partial charge is 0.478 e. The number of ether oxygens (including phenoxy) is 1. The van der Waals surface area contributed by atoms with Gasteiger partial charge >= 0.3 is 5.97 Å². The normalized spacial score (nSPS) is 18.3. The van der Waals surface area contributed by atoms with Crippen molar-refractivity contribution in [3.63, 3.8) is 0 Å². The highest BCUT2D eigenvalue weighted by Crippen LogP contribution is 2.38. The van der Waals surface area contributed by atoms with Gasteiger partial charge in [-0.25, -0.2) is 13.6 Å². The van der Waals surface area contributed by atoms with Crippen molar-refractivity contribution in [2.45, 2.75) is 32.3 Å². The van der Waals surface area contributed by atoms with Crippen LogP contribution in [-0.4, -0.2) is 23.1 Å². The van der Waals surface area contributed by atoms with E-state index in [-0.39, 0.29) is 5.75 Å².